The van der Waals surface area contributed by atoms with Crippen LogP contribution in [0.15, 0.2) is 24.3 Å². The molecule has 0 heterocycles. The van der Waals surface area contributed by atoms with Crippen LogP contribution in [0.4, 0.5) is 0 Å². The topological polar surface area (TPSA) is 67.8 Å². The molecule has 0 aromatic heterocycles. The van der Waals surface area contributed by atoms with Crippen LogP contribution in [0.3, 0.4) is 0 Å². The largest absolute Gasteiger partial charge is 0.491 e. The molecule has 0 amide bonds. The van der Waals surface area contributed by atoms with Gasteiger partial charge in [-0.2, -0.15) is 0 Å². The summed E-state index contributed by atoms with van der Waals surface area (Å²) in [7, 11) is 1.35. The Morgan fingerprint density at radius 1 is 1.37 bits per heavy atom. The van der Waals surface area contributed by atoms with Gasteiger partial charge in [0.15, 0.2) is 0 Å². The van der Waals surface area contributed by atoms with Gasteiger partial charge in [0.25, 0.3) is 0 Å². The van der Waals surface area contributed by atoms with Gasteiger partial charge in [0.2, 0.25) is 0 Å². The first-order chi connectivity index (χ1) is 9.11. The molecule has 0 aliphatic carbocycles. The number of aliphatic hydroxyl groups excluding tert-OH is 1. The third-order valence-electron chi connectivity index (χ3n) is 2.58. The molecule has 0 radical (unpaired) electrons. The zero-order valence-electron chi connectivity index (χ0n) is 11.4. The molecule has 19 heavy (non-hydrogen) atoms. The van der Waals surface area contributed by atoms with Crippen LogP contribution in [0.5, 0.6) is 5.75 Å². The smallest absolute Gasteiger partial charge is 0.306 e. The van der Waals surface area contributed by atoms with E-state index in [1.165, 1.54) is 7.11 Å². The van der Waals surface area contributed by atoms with Gasteiger partial charge in [-0.15, -0.1) is 0 Å². The summed E-state index contributed by atoms with van der Waals surface area (Å²) in [5, 5.41) is 12.6. The lowest BCUT2D eigenvalue weighted by molar-refractivity contribution is -0.140. The quantitative estimate of drug-likeness (QED) is 0.541. The van der Waals surface area contributed by atoms with E-state index < -0.39 is 6.10 Å². The number of nitrogens with one attached hydrogen (secondary N) is 1. The number of esters is 1. The van der Waals surface area contributed by atoms with E-state index in [1.54, 1.807) is 0 Å². The van der Waals surface area contributed by atoms with E-state index in [0.29, 0.717) is 19.5 Å². The van der Waals surface area contributed by atoms with Crippen LogP contribution in [-0.4, -0.2) is 44.0 Å². The molecule has 1 atom stereocenters. The fourth-order valence-corrected chi connectivity index (χ4v) is 1.45. The molecular formula is C14H21NO4. The first-order valence-corrected chi connectivity index (χ1v) is 6.27. The van der Waals surface area contributed by atoms with Gasteiger partial charge in [0.05, 0.1) is 13.5 Å². The van der Waals surface area contributed by atoms with Crippen LogP contribution in [0.2, 0.25) is 0 Å². The van der Waals surface area contributed by atoms with E-state index in [4.69, 9.17) is 4.74 Å². The number of ether oxygens (including phenoxy) is 2. The van der Waals surface area contributed by atoms with Crippen molar-refractivity contribution < 1.29 is 19.4 Å². The predicted octanol–water partition coefficient (Wildman–Crippen LogP) is 0.887. The van der Waals surface area contributed by atoms with Crippen LogP contribution in [0.25, 0.3) is 0 Å². The number of benzene rings is 1. The van der Waals surface area contributed by atoms with Gasteiger partial charge in [-0.1, -0.05) is 17.7 Å². The second-order valence-corrected chi connectivity index (χ2v) is 4.31. The fraction of sp³-hybridized carbons (Fsp3) is 0.500. The van der Waals surface area contributed by atoms with Crippen molar-refractivity contribution in [2.45, 2.75) is 19.4 Å². The number of aliphatic hydroxyl groups is 1. The number of aryl methyl sites for hydroxylation is 1. The maximum atomic E-state index is 10.8. The third-order valence-corrected chi connectivity index (χ3v) is 2.58. The molecule has 1 unspecified atom stereocenters. The number of carbonyl (C=O) groups excluding carboxylic acids is 1. The molecule has 5 heteroatoms. The minimum atomic E-state index is -0.612. The van der Waals surface area contributed by atoms with Crippen LogP contribution < -0.4 is 10.1 Å². The Balaban J connectivity index is 2.12. The molecule has 0 aliphatic heterocycles. The van der Waals surface area contributed by atoms with Gasteiger partial charge in [-0.3, -0.25) is 4.79 Å². The van der Waals surface area contributed by atoms with Crippen molar-refractivity contribution in [1.82, 2.24) is 5.32 Å². The second kappa shape index (κ2) is 8.50. The molecule has 0 bridgehead atoms. The van der Waals surface area contributed by atoms with Crippen molar-refractivity contribution in [3.63, 3.8) is 0 Å². The minimum Gasteiger partial charge on any atom is -0.491 e. The third kappa shape index (κ3) is 6.79. The van der Waals surface area contributed by atoms with Gasteiger partial charge in [0, 0.05) is 13.1 Å². The van der Waals surface area contributed by atoms with Gasteiger partial charge in [-0.05, 0) is 19.1 Å². The monoisotopic (exact) mass is 267 g/mol. The van der Waals surface area contributed by atoms with E-state index >= 15 is 0 Å². The maximum absolute atomic E-state index is 10.8. The number of rotatable bonds is 8. The van der Waals surface area contributed by atoms with Crippen LogP contribution in [-0.2, 0) is 9.53 Å². The molecule has 0 spiro atoms. The van der Waals surface area contributed by atoms with Gasteiger partial charge < -0.3 is 19.9 Å². The number of carbonyl (C=O) groups is 1. The van der Waals surface area contributed by atoms with Crippen molar-refractivity contribution in [3.8, 4) is 5.75 Å². The molecule has 1 aromatic carbocycles. The van der Waals surface area contributed by atoms with Crippen LogP contribution in [0, 0.1) is 6.92 Å². The van der Waals surface area contributed by atoms with Crippen LogP contribution in [0.1, 0.15) is 12.0 Å². The van der Waals surface area contributed by atoms with E-state index in [0.717, 1.165) is 11.3 Å². The molecular weight excluding hydrogens is 246 g/mol. The Morgan fingerprint density at radius 3 is 2.68 bits per heavy atom. The van der Waals surface area contributed by atoms with Crippen molar-refractivity contribution in [2.24, 2.45) is 0 Å². The summed E-state index contributed by atoms with van der Waals surface area (Å²) in [6.07, 6.45) is -0.318. The Kier molecular flexibility index (Phi) is 6.92. The zero-order chi connectivity index (χ0) is 14.1. The SMILES string of the molecule is COC(=O)CCNCC(O)COc1ccc(C)cc1. The summed E-state index contributed by atoms with van der Waals surface area (Å²) in [6.45, 7) is 3.08. The zero-order valence-corrected chi connectivity index (χ0v) is 11.4. The lowest BCUT2D eigenvalue weighted by Crippen LogP contribution is -2.32. The van der Waals surface area contributed by atoms with E-state index in [1.807, 2.05) is 31.2 Å². The lowest BCUT2D eigenvalue weighted by Gasteiger charge is -2.13. The van der Waals surface area contributed by atoms with E-state index in [-0.39, 0.29) is 12.6 Å². The van der Waals surface area contributed by atoms with Crippen molar-refractivity contribution in [1.29, 1.82) is 0 Å². The van der Waals surface area contributed by atoms with Crippen LogP contribution >= 0.6 is 0 Å². The number of hydrogen-bond acceptors (Lipinski definition) is 5. The van der Waals surface area contributed by atoms with Crippen molar-refractivity contribution in [2.75, 3.05) is 26.8 Å². The molecule has 2 N–H and O–H groups in total. The average molecular weight is 267 g/mol. The highest BCUT2D eigenvalue weighted by Crippen LogP contribution is 2.11. The van der Waals surface area contributed by atoms with Crippen molar-refractivity contribution in [3.05, 3.63) is 29.8 Å². The first kappa shape index (κ1) is 15.5. The normalized spacial score (nSPS) is 11.9. The molecule has 1 rings (SSSR count). The van der Waals surface area contributed by atoms with Gasteiger partial charge in [0.1, 0.15) is 18.5 Å². The maximum Gasteiger partial charge on any atom is 0.306 e. The Morgan fingerprint density at radius 2 is 2.05 bits per heavy atom. The Bertz CT molecular complexity index is 378. The molecule has 0 aliphatic rings. The fourth-order valence-electron chi connectivity index (χ4n) is 1.45. The summed E-state index contributed by atoms with van der Waals surface area (Å²) >= 11 is 0. The highest BCUT2D eigenvalue weighted by Gasteiger charge is 2.06. The molecule has 106 valence electrons. The summed E-state index contributed by atoms with van der Waals surface area (Å²) in [5.41, 5.74) is 1.16. The Labute approximate surface area is 113 Å². The first-order valence-electron chi connectivity index (χ1n) is 6.27. The highest BCUT2D eigenvalue weighted by molar-refractivity contribution is 5.69. The van der Waals surface area contributed by atoms with E-state index in [9.17, 15) is 9.90 Å². The van der Waals surface area contributed by atoms with Gasteiger partial charge in [-0.25, -0.2) is 0 Å². The summed E-state index contributed by atoms with van der Waals surface area (Å²) in [5.74, 6) is 0.470. The number of methoxy groups -OCH3 is 1. The van der Waals surface area contributed by atoms with Gasteiger partial charge >= 0.3 is 5.97 Å². The lowest BCUT2D eigenvalue weighted by atomic mass is 10.2. The average Bonchev–Trinajstić information content (AvgIpc) is 2.42. The number of hydrogen-bond donors (Lipinski definition) is 2. The minimum absolute atomic E-state index is 0.217. The summed E-state index contributed by atoms with van der Waals surface area (Å²) < 4.78 is 9.95. The summed E-state index contributed by atoms with van der Waals surface area (Å²) in [6, 6.07) is 7.64. The standard InChI is InChI=1S/C14H21NO4/c1-11-3-5-13(6-4-11)19-10-12(16)9-15-8-7-14(17)18-2/h3-6,12,15-16H,7-10H2,1-2H3. The van der Waals surface area contributed by atoms with Crippen molar-refractivity contribution >= 4 is 5.97 Å². The van der Waals surface area contributed by atoms with E-state index in [2.05, 4.69) is 10.1 Å². The second-order valence-electron chi connectivity index (χ2n) is 4.31. The summed E-state index contributed by atoms with van der Waals surface area (Å²) in [4.78, 5) is 10.8. The molecule has 0 fully saturated rings. The molecule has 1 aromatic rings. The molecule has 0 saturated carbocycles. The predicted molar refractivity (Wildman–Crippen MR) is 72.2 cm³/mol. The highest BCUT2D eigenvalue weighted by atomic mass is 16.5. The molecule has 5 nitrogen and oxygen atoms in total. The Hall–Kier alpha value is -1.59. The molecule has 0 saturated heterocycles.